The summed E-state index contributed by atoms with van der Waals surface area (Å²) in [7, 11) is 2.09. The predicted octanol–water partition coefficient (Wildman–Crippen LogP) is 2.90. The lowest BCUT2D eigenvalue weighted by molar-refractivity contribution is -0.136. The summed E-state index contributed by atoms with van der Waals surface area (Å²) in [6.07, 6.45) is 4.19. The molecule has 0 bridgehead atoms. The molecule has 0 aliphatic carbocycles. The van der Waals surface area contributed by atoms with Crippen LogP contribution < -0.4 is 5.32 Å². The number of unbranched alkanes of at least 4 members (excludes halogenated alkanes) is 1. The zero-order valence-corrected chi connectivity index (χ0v) is 17.0. The molecule has 7 heteroatoms. The summed E-state index contributed by atoms with van der Waals surface area (Å²) >= 11 is 5.92. The van der Waals surface area contributed by atoms with Crippen molar-refractivity contribution in [1.82, 2.24) is 15.2 Å². The molecule has 148 valence electrons. The van der Waals surface area contributed by atoms with E-state index in [0.717, 1.165) is 30.8 Å². The maximum absolute atomic E-state index is 12.2. The number of carbonyl (C=O) groups excluding carboxylic acids is 2. The number of halogens is 1. The minimum atomic E-state index is -0.180. The van der Waals surface area contributed by atoms with Crippen LogP contribution in [0.15, 0.2) is 29.4 Å². The molecule has 2 rings (SSSR count). The molecular formula is C20H29ClN4O2. The number of rotatable bonds is 10. The van der Waals surface area contributed by atoms with Crippen molar-refractivity contribution < 1.29 is 9.59 Å². The number of hydrazone groups is 1. The third kappa shape index (κ3) is 7.31. The van der Waals surface area contributed by atoms with E-state index in [1.165, 1.54) is 17.9 Å². The highest BCUT2D eigenvalue weighted by Gasteiger charge is 2.23. The Labute approximate surface area is 166 Å². The first-order chi connectivity index (χ1) is 13.0. The van der Waals surface area contributed by atoms with Crippen molar-refractivity contribution >= 4 is 29.1 Å². The molecule has 0 atom stereocenters. The second-order valence-electron chi connectivity index (χ2n) is 6.87. The molecule has 0 spiro atoms. The van der Waals surface area contributed by atoms with Crippen molar-refractivity contribution in [2.75, 3.05) is 33.2 Å². The molecule has 0 aromatic heterocycles. The number of hydrogen-bond acceptors (Lipinski definition) is 4. The third-order valence-corrected chi connectivity index (χ3v) is 4.76. The van der Waals surface area contributed by atoms with Crippen LogP contribution >= 0.6 is 11.6 Å². The summed E-state index contributed by atoms with van der Waals surface area (Å²) in [5.41, 5.74) is 1.73. The van der Waals surface area contributed by atoms with Gasteiger partial charge in [0.1, 0.15) is 6.54 Å². The topological polar surface area (TPSA) is 65.0 Å². The van der Waals surface area contributed by atoms with Crippen molar-refractivity contribution in [2.24, 2.45) is 5.10 Å². The molecule has 1 N–H and O–H groups in total. The normalized spacial score (nSPS) is 14.4. The Balaban J connectivity index is 1.80. The fourth-order valence-electron chi connectivity index (χ4n) is 2.88. The molecular weight excluding hydrogens is 364 g/mol. The van der Waals surface area contributed by atoms with Gasteiger partial charge < -0.3 is 10.2 Å². The lowest BCUT2D eigenvalue weighted by atomic mass is 10.0. The lowest BCUT2D eigenvalue weighted by Crippen LogP contribution is -2.41. The van der Waals surface area contributed by atoms with Gasteiger partial charge in [-0.3, -0.25) is 9.59 Å². The highest BCUT2D eigenvalue weighted by atomic mass is 35.5. The maximum atomic E-state index is 12.2. The first-order valence-corrected chi connectivity index (χ1v) is 9.96. The first kappa shape index (κ1) is 21.4. The van der Waals surface area contributed by atoms with Gasteiger partial charge in [0.2, 0.25) is 11.8 Å². The van der Waals surface area contributed by atoms with E-state index < -0.39 is 0 Å². The quantitative estimate of drug-likeness (QED) is 0.622. The first-order valence-electron chi connectivity index (χ1n) is 9.58. The van der Waals surface area contributed by atoms with Crippen LogP contribution in [0, 0.1) is 0 Å². The van der Waals surface area contributed by atoms with Gasteiger partial charge in [-0.2, -0.15) is 5.10 Å². The fraction of sp³-hybridized carbons (Fsp3) is 0.550. The molecule has 0 saturated carbocycles. The largest absolute Gasteiger partial charge is 0.354 e. The van der Waals surface area contributed by atoms with E-state index >= 15 is 0 Å². The van der Waals surface area contributed by atoms with Crippen LogP contribution in [-0.2, 0) is 9.59 Å². The van der Waals surface area contributed by atoms with E-state index in [0.29, 0.717) is 24.4 Å². The van der Waals surface area contributed by atoms with Gasteiger partial charge in [-0.05, 0) is 50.7 Å². The summed E-state index contributed by atoms with van der Waals surface area (Å²) in [6.45, 7) is 4.76. The Hall–Kier alpha value is -1.92. The van der Waals surface area contributed by atoms with Gasteiger partial charge in [0.15, 0.2) is 0 Å². The molecule has 0 radical (unpaired) electrons. The number of nitrogens with zero attached hydrogens (tertiary/aromatic N) is 3. The number of hydrogen-bond donors (Lipinski definition) is 1. The van der Waals surface area contributed by atoms with E-state index in [4.69, 9.17) is 11.6 Å². The molecule has 0 unspecified atom stereocenters. The van der Waals surface area contributed by atoms with Crippen LogP contribution in [0.5, 0.6) is 0 Å². The SMILES string of the molecule is CCCCN(C)CCCNC(=O)CN1N=C(c2ccc(Cl)cc2)CCC1=O. The highest BCUT2D eigenvalue weighted by Crippen LogP contribution is 2.17. The average molecular weight is 393 g/mol. The molecule has 1 aromatic carbocycles. The van der Waals surface area contributed by atoms with Crippen LogP contribution in [-0.4, -0.2) is 60.7 Å². The molecule has 1 aromatic rings. The Kier molecular flexibility index (Phi) is 8.75. The average Bonchev–Trinajstić information content (AvgIpc) is 2.66. The second-order valence-corrected chi connectivity index (χ2v) is 7.30. The number of amides is 2. The Bertz CT molecular complexity index is 660. The van der Waals surface area contributed by atoms with Crippen LogP contribution in [0.2, 0.25) is 5.02 Å². The minimum Gasteiger partial charge on any atom is -0.354 e. The molecule has 2 amide bonds. The van der Waals surface area contributed by atoms with Gasteiger partial charge in [-0.15, -0.1) is 0 Å². The number of benzene rings is 1. The smallest absolute Gasteiger partial charge is 0.243 e. The van der Waals surface area contributed by atoms with Gasteiger partial charge in [0.25, 0.3) is 0 Å². The Morgan fingerprint density at radius 2 is 1.93 bits per heavy atom. The van der Waals surface area contributed by atoms with E-state index in [-0.39, 0.29) is 18.4 Å². The van der Waals surface area contributed by atoms with E-state index in [2.05, 4.69) is 29.3 Å². The molecule has 6 nitrogen and oxygen atoms in total. The maximum Gasteiger partial charge on any atom is 0.243 e. The van der Waals surface area contributed by atoms with E-state index in [9.17, 15) is 9.59 Å². The van der Waals surface area contributed by atoms with Crippen LogP contribution in [0.4, 0.5) is 0 Å². The standard InChI is InChI=1S/C20H29ClN4O2/c1-3-4-13-24(2)14-5-12-22-19(26)15-25-20(27)11-10-18(23-25)16-6-8-17(21)9-7-16/h6-9H,3-5,10-15H2,1-2H3,(H,22,26). The predicted molar refractivity (Wildman–Crippen MR) is 109 cm³/mol. The van der Waals surface area contributed by atoms with Crippen LogP contribution in [0.3, 0.4) is 0 Å². The van der Waals surface area contributed by atoms with Crippen molar-refractivity contribution in [3.05, 3.63) is 34.9 Å². The summed E-state index contributed by atoms with van der Waals surface area (Å²) in [4.78, 5) is 26.5. The van der Waals surface area contributed by atoms with Crippen molar-refractivity contribution in [2.45, 2.75) is 39.0 Å². The Morgan fingerprint density at radius 1 is 1.22 bits per heavy atom. The van der Waals surface area contributed by atoms with E-state index in [1.54, 1.807) is 12.1 Å². The zero-order valence-electron chi connectivity index (χ0n) is 16.2. The molecule has 27 heavy (non-hydrogen) atoms. The van der Waals surface area contributed by atoms with Gasteiger partial charge in [0.05, 0.1) is 5.71 Å². The van der Waals surface area contributed by atoms with Gasteiger partial charge in [-0.1, -0.05) is 37.1 Å². The minimum absolute atomic E-state index is 0.0401. The van der Waals surface area contributed by atoms with Gasteiger partial charge >= 0.3 is 0 Å². The molecule has 1 aliphatic heterocycles. The summed E-state index contributed by atoms with van der Waals surface area (Å²) in [5.74, 6) is -0.303. The molecule has 0 saturated heterocycles. The summed E-state index contributed by atoms with van der Waals surface area (Å²) in [5, 5.41) is 9.19. The molecule has 1 heterocycles. The van der Waals surface area contributed by atoms with Crippen molar-refractivity contribution in [1.29, 1.82) is 0 Å². The second kappa shape index (κ2) is 11.0. The van der Waals surface area contributed by atoms with Crippen molar-refractivity contribution in [3.63, 3.8) is 0 Å². The summed E-state index contributed by atoms with van der Waals surface area (Å²) < 4.78 is 0. The van der Waals surface area contributed by atoms with Crippen LogP contribution in [0.25, 0.3) is 0 Å². The Morgan fingerprint density at radius 3 is 2.63 bits per heavy atom. The van der Waals surface area contributed by atoms with Gasteiger partial charge in [0, 0.05) is 24.4 Å². The fourth-order valence-corrected chi connectivity index (χ4v) is 3.01. The highest BCUT2D eigenvalue weighted by molar-refractivity contribution is 6.30. The number of carbonyl (C=O) groups is 2. The molecule has 1 aliphatic rings. The third-order valence-electron chi connectivity index (χ3n) is 4.51. The molecule has 0 fully saturated rings. The summed E-state index contributed by atoms with van der Waals surface area (Å²) in [6, 6.07) is 7.35. The van der Waals surface area contributed by atoms with Crippen LogP contribution in [0.1, 0.15) is 44.6 Å². The van der Waals surface area contributed by atoms with Gasteiger partial charge in [-0.25, -0.2) is 5.01 Å². The van der Waals surface area contributed by atoms with E-state index in [1.807, 2.05) is 12.1 Å². The monoisotopic (exact) mass is 392 g/mol. The van der Waals surface area contributed by atoms with Crippen molar-refractivity contribution in [3.8, 4) is 0 Å². The lowest BCUT2D eigenvalue weighted by Gasteiger charge is -2.23. The zero-order chi connectivity index (χ0) is 19.6. The number of nitrogens with one attached hydrogen (secondary N) is 1.